The number of fused-ring (bicyclic) bond motifs is 4. The Morgan fingerprint density at radius 2 is 1.78 bits per heavy atom. The molecule has 1 aromatic heterocycles. The van der Waals surface area contributed by atoms with Gasteiger partial charge in [-0.05, 0) is 48.7 Å². The van der Waals surface area contributed by atoms with Gasteiger partial charge in [0.2, 0.25) is 0 Å². The van der Waals surface area contributed by atoms with Gasteiger partial charge < -0.3 is 24.6 Å². The van der Waals surface area contributed by atoms with E-state index in [1.165, 1.54) is 0 Å². The van der Waals surface area contributed by atoms with Crippen LogP contribution >= 0.6 is 0 Å². The van der Waals surface area contributed by atoms with Crippen LogP contribution in [-0.2, 0) is 11.3 Å². The summed E-state index contributed by atoms with van der Waals surface area (Å²) in [6.45, 7) is 2.10. The third-order valence-electron chi connectivity index (χ3n) is 6.31. The van der Waals surface area contributed by atoms with Crippen LogP contribution in [0.5, 0.6) is 0 Å². The number of hydrogen-bond acceptors (Lipinski definition) is 4. The van der Waals surface area contributed by atoms with Crippen LogP contribution in [-0.4, -0.2) is 69.1 Å². The molecular formula is C24H32N5O3+. The molecule has 4 rings (SSSR count). The Labute approximate surface area is 188 Å². The summed E-state index contributed by atoms with van der Waals surface area (Å²) in [5, 5.41) is 2.76. The zero-order chi connectivity index (χ0) is 23.0. The first-order valence-corrected chi connectivity index (χ1v) is 11.1. The van der Waals surface area contributed by atoms with E-state index in [0.29, 0.717) is 37.4 Å². The highest BCUT2D eigenvalue weighted by Crippen LogP contribution is 2.36. The van der Waals surface area contributed by atoms with Gasteiger partial charge in [-0.1, -0.05) is 0 Å². The van der Waals surface area contributed by atoms with E-state index >= 15 is 0 Å². The Morgan fingerprint density at radius 1 is 1.06 bits per heavy atom. The van der Waals surface area contributed by atoms with Crippen molar-refractivity contribution in [2.24, 2.45) is 5.92 Å². The lowest BCUT2D eigenvalue weighted by molar-refractivity contribution is -0.849. The molecule has 8 heteroatoms. The molecule has 2 bridgehead atoms. The number of benzene rings is 1. The number of hydrogen-bond donors (Lipinski definition) is 2. The van der Waals surface area contributed by atoms with Crippen LogP contribution in [0.1, 0.15) is 28.4 Å². The van der Waals surface area contributed by atoms with Gasteiger partial charge in [0, 0.05) is 56.6 Å². The lowest BCUT2D eigenvalue weighted by Crippen LogP contribution is -3.06. The number of likely N-dealkylation sites (N-methyl/N-ethyl adjacent to an activating group) is 1. The quantitative estimate of drug-likeness (QED) is 0.702. The van der Waals surface area contributed by atoms with E-state index in [-0.39, 0.29) is 29.2 Å². The summed E-state index contributed by atoms with van der Waals surface area (Å²) in [6.07, 6.45) is 0.971. The molecule has 0 saturated carbocycles. The summed E-state index contributed by atoms with van der Waals surface area (Å²) in [4.78, 5) is 43.2. The van der Waals surface area contributed by atoms with Crippen molar-refractivity contribution in [2.45, 2.75) is 18.9 Å². The zero-order valence-electron chi connectivity index (χ0n) is 19.2. The summed E-state index contributed by atoms with van der Waals surface area (Å²) in [6, 6.07) is 11.3. The van der Waals surface area contributed by atoms with Crippen molar-refractivity contribution in [3.63, 3.8) is 0 Å². The van der Waals surface area contributed by atoms with Crippen molar-refractivity contribution in [3.8, 4) is 0 Å². The first kappa shape index (κ1) is 22.1. The van der Waals surface area contributed by atoms with Crippen molar-refractivity contribution in [1.82, 2.24) is 9.47 Å². The van der Waals surface area contributed by atoms with E-state index in [9.17, 15) is 14.4 Å². The molecule has 2 amide bonds. The summed E-state index contributed by atoms with van der Waals surface area (Å²) in [5.41, 5.74) is 2.87. The molecule has 0 radical (unpaired) electrons. The van der Waals surface area contributed by atoms with Crippen LogP contribution in [0.4, 0.5) is 11.4 Å². The Morgan fingerprint density at radius 3 is 2.44 bits per heavy atom. The minimum Gasteiger partial charge on any atom is -0.378 e. The van der Waals surface area contributed by atoms with Crippen LogP contribution in [0.25, 0.3) is 0 Å². The fourth-order valence-electron chi connectivity index (χ4n) is 4.81. The number of aromatic nitrogens is 1. The first-order valence-electron chi connectivity index (χ1n) is 11.1. The predicted molar refractivity (Wildman–Crippen MR) is 125 cm³/mol. The number of likely N-dealkylation sites (tertiary alicyclic amines) is 1. The van der Waals surface area contributed by atoms with Crippen molar-refractivity contribution < 1.29 is 14.5 Å². The number of nitrogens with zero attached hydrogens (tertiary/aromatic N) is 3. The number of amides is 2. The molecule has 0 unspecified atom stereocenters. The maximum atomic E-state index is 13.1. The summed E-state index contributed by atoms with van der Waals surface area (Å²) in [5.74, 6) is 0.212. The second-order valence-electron chi connectivity index (χ2n) is 9.47. The van der Waals surface area contributed by atoms with Crippen LogP contribution in [0.2, 0.25) is 0 Å². The van der Waals surface area contributed by atoms with E-state index in [0.717, 1.165) is 22.7 Å². The minimum absolute atomic E-state index is 0.0378. The van der Waals surface area contributed by atoms with Gasteiger partial charge in [0.05, 0.1) is 14.1 Å². The molecule has 0 spiro atoms. The summed E-state index contributed by atoms with van der Waals surface area (Å²) < 4.78 is 1.80. The number of pyridine rings is 1. The van der Waals surface area contributed by atoms with Crippen LogP contribution in [0, 0.1) is 5.92 Å². The normalized spacial score (nSPS) is 19.5. The first-order chi connectivity index (χ1) is 15.2. The van der Waals surface area contributed by atoms with Gasteiger partial charge in [-0.3, -0.25) is 14.4 Å². The van der Waals surface area contributed by atoms with Gasteiger partial charge in [-0.15, -0.1) is 0 Å². The predicted octanol–water partition coefficient (Wildman–Crippen LogP) is 0.257. The van der Waals surface area contributed by atoms with Gasteiger partial charge in [0.15, 0.2) is 6.54 Å². The van der Waals surface area contributed by atoms with Gasteiger partial charge in [-0.2, -0.15) is 0 Å². The molecular weight excluding hydrogens is 406 g/mol. The average molecular weight is 439 g/mol. The van der Waals surface area contributed by atoms with Crippen molar-refractivity contribution in [3.05, 3.63) is 58.0 Å². The van der Waals surface area contributed by atoms with Crippen LogP contribution < -0.4 is 20.7 Å². The van der Waals surface area contributed by atoms with Gasteiger partial charge in [0.25, 0.3) is 17.4 Å². The van der Waals surface area contributed by atoms with E-state index in [2.05, 4.69) is 5.32 Å². The minimum atomic E-state index is -0.171. The highest BCUT2D eigenvalue weighted by Gasteiger charge is 2.37. The molecule has 1 saturated heterocycles. The number of anilines is 2. The summed E-state index contributed by atoms with van der Waals surface area (Å²) >= 11 is 0. The highest BCUT2D eigenvalue weighted by molar-refractivity contribution is 5.94. The molecule has 2 aromatic rings. The lowest BCUT2D eigenvalue weighted by atomic mass is 9.83. The van der Waals surface area contributed by atoms with Gasteiger partial charge >= 0.3 is 0 Å². The topological polar surface area (TPSA) is 79.1 Å². The number of piperidine rings is 1. The number of nitrogens with one attached hydrogen (secondary N) is 2. The van der Waals surface area contributed by atoms with Crippen molar-refractivity contribution in [2.75, 3.05) is 58.0 Å². The molecule has 32 heavy (non-hydrogen) atoms. The molecule has 2 N–H and O–H groups in total. The maximum absolute atomic E-state index is 13.1. The highest BCUT2D eigenvalue weighted by atomic mass is 16.2. The third-order valence-corrected chi connectivity index (χ3v) is 6.31. The molecule has 8 nitrogen and oxygen atoms in total. The van der Waals surface area contributed by atoms with Crippen molar-refractivity contribution in [1.29, 1.82) is 0 Å². The Kier molecular flexibility index (Phi) is 6.06. The lowest BCUT2D eigenvalue weighted by Gasteiger charge is -2.43. The average Bonchev–Trinajstić information content (AvgIpc) is 2.75. The molecule has 2 aliphatic rings. The smallest absolute Gasteiger partial charge is 0.279 e. The molecule has 1 aromatic carbocycles. The number of carbonyl (C=O) groups excluding carboxylic acids is 2. The van der Waals surface area contributed by atoms with Gasteiger partial charge in [-0.25, -0.2) is 0 Å². The fourth-order valence-corrected chi connectivity index (χ4v) is 4.81. The Hall–Kier alpha value is -3.13. The third kappa shape index (κ3) is 4.41. The molecule has 3 heterocycles. The van der Waals surface area contributed by atoms with Crippen LogP contribution in [0.3, 0.4) is 0 Å². The second kappa shape index (κ2) is 8.78. The van der Waals surface area contributed by atoms with Crippen LogP contribution in [0.15, 0.2) is 41.2 Å². The molecule has 2 atom stereocenters. The maximum Gasteiger partial charge on any atom is 0.279 e. The molecule has 170 valence electrons. The second-order valence-corrected chi connectivity index (χ2v) is 9.47. The monoisotopic (exact) mass is 438 g/mol. The number of quaternary nitrogens is 1. The summed E-state index contributed by atoms with van der Waals surface area (Å²) in [7, 11) is 7.73. The largest absolute Gasteiger partial charge is 0.378 e. The zero-order valence-corrected chi connectivity index (χ0v) is 19.2. The fraction of sp³-hybridized carbons (Fsp3) is 0.458. The van der Waals surface area contributed by atoms with E-state index in [1.54, 1.807) is 10.6 Å². The van der Waals surface area contributed by atoms with Crippen molar-refractivity contribution >= 4 is 23.2 Å². The SMILES string of the molecule is CN(C)c1ccc(C(=O)N2C[C@@H]3C[C@H](C2)c2ccc(NC(=O)C[NH+](C)C)c(=O)n2C3)cc1. The van der Waals surface area contributed by atoms with E-state index in [4.69, 9.17) is 0 Å². The van der Waals surface area contributed by atoms with E-state index < -0.39 is 0 Å². The Balaban J connectivity index is 1.52. The standard InChI is InChI=1S/C24H31N5O3/c1-26(2)15-22(30)25-20-9-10-21-18-11-16(13-29(21)24(20)32)12-28(14-18)23(31)17-5-7-19(8-6-17)27(3)4/h5-10,16,18H,11-15H2,1-4H3,(H,25,30)/p+1/t16-,18+/m0/s1. The molecule has 0 aliphatic carbocycles. The molecule has 1 fully saturated rings. The number of rotatable bonds is 5. The van der Waals surface area contributed by atoms with E-state index in [1.807, 2.05) is 68.3 Å². The molecule has 2 aliphatic heterocycles. The van der Waals surface area contributed by atoms with Gasteiger partial charge in [0.1, 0.15) is 5.69 Å². The number of carbonyl (C=O) groups is 2. The Bertz CT molecular complexity index is 1070.